The maximum atomic E-state index is 12.2. The summed E-state index contributed by atoms with van der Waals surface area (Å²) in [4.78, 5) is 23.0. The van der Waals surface area contributed by atoms with Crippen LogP contribution in [0.25, 0.3) is 0 Å². The van der Waals surface area contributed by atoms with E-state index >= 15 is 0 Å². The third kappa shape index (κ3) is 6.08. The molecule has 9 nitrogen and oxygen atoms in total. The van der Waals surface area contributed by atoms with Gasteiger partial charge in [0.05, 0.1) is 37.9 Å². The number of hydrogen-bond acceptors (Lipinski definition) is 7. The number of hydrazone groups is 1. The fraction of sp³-hybridized carbons (Fsp3) is 0.300. The molecule has 0 aromatic heterocycles. The van der Waals surface area contributed by atoms with Crippen molar-refractivity contribution in [2.75, 3.05) is 14.2 Å². The molecule has 2 aromatic rings. The number of amides is 1. The molecule has 1 amide bonds. The summed E-state index contributed by atoms with van der Waals surface area (Å²) in [5, 5.41) is 15.7. The third-order valence-electron chi connectivity index (χ3n) is 3.83. The largest absolute Gasteiger partial charge is 0.497 e. The third-order valence-corrected chi connectivity index (χ3v) is 4.20. The Kier molecular flexibility index (Phi) is 7.99. The molecule has 0 aliphatic heterocycles. The molecule has 0 heterocycles. The maximum Gasteiger partial charge on any atom is 0.315 e. The van der Waals surface area contributed by atoms with Crippen LogP contribution in [-0.4, -0.2) is 37.4 Å². The van der Waals surface area contributed by atoms with Crippen molar-refractivity contribution in [1.82, 2.24) is 5.43 Å². The molecule has 0 saturated heterocycles. The molecule has 30 heavy (non-hydrogen) atoms. The van der Waals surface area contributed by atoms with E-state index in [2.05, 4.69) is 10.5 Å². The SMILES string of the molecule is COc1ccc(Cl)c(CC(=O)N/N=C/c2cc(OC)c(OC(C)C)c([N+](=O)[O-])c2)c1. The first-order valence-electron chi connectivity index (χ1n) is 8.92. The Morgan fingerprint density at radius 3 is 2.60 bits per heavy atom. The summed E-state index contributed by atoms with van der Waals surface area (Å²) in [6.45, 7) is 3.51. The van der Waals surface area contributed by atoms with Gasteiger partial charge in [0.25, 0.3) is 0 Å². The summed E-state index contributed by atoms with van der Waals surface area (Å²) in [6.07, 6.45) is 0.984. The number of nitrogens with one attached hydrogen (secondary N) is 1. The number of hydrogen-bond donors (Lipinski definition) is 1. The number of carbonyl (C=O) groups excluding carboxylic acids is 1. The van der Waals surface area contributed by atoms with Gasteiger partial charge in [-0.25, -0.2) is 5.43 Å². The molecule has 0 unspecified atom stereocenters. The zero-order valence-corrected chi connectivity index (χ0v) is 17.7. The van der Waals surface area contributed by atoms with E-state index in [1.807, 2.05) is 0 Å². The van der Waals surface area contributed by atoms with Crippen LogP contribution in [-0.2, 0) is 11.2 Å². The van der Waals surface area contributed by atoms with Gasteiger partial charge >= 0.3 is 5.69 Å². The molecule has 0 spiro atoms. The summed E-state index contributed by atoms with van der Waals surface area (Å²) in [5.74, 6) is 0.386. The minimum atomic E-state index is -0.569. The molecule has 2 rings (SSSR count). The maximum absolute atomic E-state index is 12.2. The lowest BCUT2D eigenvalue weighted by atomic mass is 10.1. The highest BCUT2D eigenvalue weighted by Gasteiger charge is 2.23. The lowest BCUT2D eigenvalue weighted by Crippen LogP contribution is -2.20. The summed E-state index contributed by atoms with van der Waals surface area (Å²) in [6, 6.07) is 7.80. The van der Waals surface area contributed by atoms with E-state index in [-0.39, 0.29) is 29.7 Å². The summed E-state index contributed by atoms with van der Waals surface area (Å²) < 4.78 is 15.9. The first kappa shape index (κ1) is 23.0. The van der Waals surface area contributed by atoms with Crippen molar-refractivity contribution in [3.8, 4) is 17.2 Å². The van der Waals surface area contributed by atoms with Gasteiger partial charge < -0.3 is 14.2 Å². The van der Waals surface area contributed by atoms with Gasteiger partial charge in [-0.3, -0.25) is 14.9 Å². The zero-order valence-electron chi connectivity index (χ0n) is 17.0. The van der Waals surface area contributed by atoms with Crippen molar-refractivity contribution in [2.45, 2.75) is 26.4 Å². The number of benzene rings is 2. The van der Waals surface area contributed by atoms with Crippen LogP contribution in [0.2, 0.25) is 5.02 Å². The number of nitrogens with zero attached hydrogens (tertiary/aromatic N) is 2. The van der Waals surface area contributed by atoms with Crippen molar-refractivity contribution in [3.63, 3.8) is 0 Å². The quantitative estimate of drug-likeness (QED) is 0.364. The molecule has 0 bridgehead atoms. The topological polar surface area (TPSA) is 112 Å². The van der Waals surface area contributed by atoms with Crippen LogP contribution >= 0.6 is 11.6 Å². The second-order valence-corrected chi connectivity index (χ2v) is 6.83. The highest BCUT2D eigenvalue weighted by Crippen LogP contribution is 2.38. The molecule has 0 saturated carbocycles. The molecule has 0 radical (unpaired) electrons. The van der Waals surface area contributed by atoms with Crippen molar-refractivity contribution in [2.24, 2.45) is 5.10 Å². The zero-order chi connectivity index (χ0) is 22.3. The predicted molar refractivity (Wildman–Crippen MR) is 113 cm³/mol. The van der Waals surface area contributed by atoms with E-state index < -0.39 is 10.8 Å². The number of halogens is 1. The van der Waals surface area contributed by atoms with E-state index in [9.17, 15) is 14.9 Å². The Morgan fingerprint density at radius 2 is 2.00 bits per heavy atom. The fourth-order valence-electron chi connectivity index (χ4n) is 2.53. The van der Waals surface area contributed by atoms with E-state index in [0.717, 1.165) is 0 Å². The molecule has 0 aliphatic carbocycles. The molecule has 0 aliphatic rings. The van der Waals surface area contributed by atoms with Gasteiger partial charge in [0, 0.05) is 16.7 Å². The summed E-state index contributed by atoms with van der Waals surface area (Å²) >= 11 is 6.09. The Labute approximate surface area is 178 Å². The van der Waals surface area contributed by atoms with Crippen LogP contribution < -0.4 is 19.6 Å². The number of carbonyl (C=O) groups is 1. The van der Waals surface area contributed by atoms with Gasteiger partial charge in [-0.2, -0.15) is 5.10 Å². The van der Waals surface area contributed by atoms with E-state index in [1.54, 1.807) is 32.0 Å². The smallest absolute Gasteiger partial charge is 0.315 e. The number of nitro groups is 1. The van der Waals surface area contributed by atoms with Crippen LogP contribution in [0.15, 0.2) is 35.4 Å². The Morgan fingerprint density at radius 1 is 1.27 bits per heavy atom. The van der Waals surface area contributed by atoms with Gasteiger partial charge in [-0.1, -0.05) is 11.6 Å². The number of methoxy groups -OCH3 is 2. The van der Waals surface area contributed by atoms with Crippen LogP contribution in [0, 0.1) is 10.1 Å². The first-order chi connectivity index (χ1) is 14.2. The molecule has 10 heteroatoms. The molecular weight excluding hydrogens is 414 g/mol. The van der Waals surface area contributed by atoms with Gasteiger partial charge in [-0.15, -0.1) is 0 Å². The average molecular weight is 436 g/mol. The summed E-state index contributed by atoms with van der Waals surface area (Å²) in [5.41, 5.74) is 3.04. The second kappa shape index (κ2) is 10.4. The van der Waals surface area contributed by atoms with Crippen LogP contribution in [0.3, 0.4) is 0 Å². The lowest BCUT2D eigenvalue weighted by molar-refractivity contribution is -0.386. The molecular formula is C20H22ClN3O6. The van der Waals surface area contributed by atoms with Crippen LogP contribution in [0.5, 0.6) is 17.2 Å². The second-order valence-electron chi connectivity index (χ2n) is 6.42. The fourth-order valence-corrected chi connectivity index (χ4v) is 2.71. The van der Waals surface area contributed by atoms with Crippen molar-refractivity contribution >= 4 is 29.4 Å². The monoisotopic (exact) mass is 435 g/mol. The highest BCUT2D eigenvalue weighted by molar-refractivity contribution is 6.31. The Hall–Kier alpha value is -3.33. The average Bonchev–Trinajstić information content (AvgIpc) is 2.69. The number of rotatable bonds is 9. The number of ether oxygens (including phenoxy) is 3. The lowest BCUT2D eigenvalue weighted by Gasteiger charge is -2.14. The predicted octanol–water partition coefficient (Wildman–Crippen LogP) is 3.75. The van der Waals surface area contributed by atoms with Gasteiger partial charge in [0.15, 0.2) is 5.75 Å². The highest BCUT2D eigenvalue weighted by atomic mass is 35.5. The molecule has 160 valence electrons. The minimum absolute atomic E-state index is 0.0159. The molecule has 2 aromatic carbocycles. The molecule has 0 fully saturated rings. The van der Waals surface area contributed by atoms with E-state index in [1.165, 1.54) is 32.6 Å². The van der Waals surface area contributed by atoms with E-state index in [4.69, 9.17) is 25.8 Å². The van der Waals surface area contributed by atoms with Gasteiger partial charge in [-0.05, 0) is 43.7 Å². The Bertz CT molecular complexity index is 962. The van der Waals surface area contributed by atoms with Gasteiger partial charge in [0.2, 0.25) is 11.7 Å². The Balaban J connectivity index is 2.16. The normalized spacial score (nSPS) is 10.9. The first-order valence-corrected chi connectivity index (χ1v) is 9.30. The van der Waals surface area contributed by atoms with Crippen LogP contribution in [0.1, 0.15) is 25.0 Å². The van der Waals surface area contributed by atoms with Crippen LogP contribution in [0.4, 0.5) is 5.69 Å². The van der Waals surface area contributed by atoms with Crippen molar-refractivity contribution in [1.29, 1.82) is 0 Å². The van der Waals surface area contributed by atoms with Crippen molar-refractivity contribution in [3.05, 3.63) is 56.6 Å². The standard InChI is InChI=1S/C20H22ClN3O6/c1-12(2)30-20-17(24(26)27)7-13(8-18(20)29-4)11-22-23-19(25)10-14-9-15(28-3)5-6-16(14)21/h5-9,11-12H,10H2,1-4H3,(H,23,25)/b22-11+. The summed E-state index contributed by atoms with van der Waals surface area (Å²) in [7, 11) is 2.90. The minimum Gasteiger partial charge on any atom is -0.497 e. The van der Waals surface area contributed by atoms with Crippen molar-refractivity contribution < 1.29 is 23.9 Å². The van der Waals surface area contributed by atoms with Gasteiger partial charge in [0.1, 0.15) is 5.75 Å². The molecule has 0 atom stereocenters. The number of nitro benzene ring substituents is 1. The van der Waals surface area contributed by atoms with E-state index in [0.29, 0.717) is 21.9 Å². The molecule has 1 N–H and O–H groups in total.